The van der Waals surface area contributed by atoms with Crippen molar-refractivity contribution in [2.75, 3.05) is 6.61 Å². The Kier molecular flexibility index (Phi) is 5.32. The van der Waals surface area contributed by atoms with Crippen molar-refractivity contribution in [3.8, 4) is 11.8 Å². The first-order valence-corrected chi connectivity index (χ1v) is 7.52. The van der Waals surface area contributed by atoms with Gasteiger partial charge in [-0.1, -0.05) is 0 Å². The molecule has 124 valence electrons. The summed E-state index contributed by atoms with van der Waals surface area (Å²) in [7, 11) is 0. The third-order valence-corrected chi connectivity index (χ3v) is 3.49. The fourth-order valence-corrected chi connectivity index (χ4v) is 2.23. The minimum atomic E-state index is -0.758. The molecule has 7 nitrogen and oxygen atoms in total. The molecule has 1 heterocycles. The molecule has 0 aliphatic heterocycles. The average Bonchev–Trinajstić information content (AvgIpc) is 2.59. The summed E-state index contributed by atoms with van der Waals surface area (Å²) in [5.41, 5.74) is -1.18. The second-order valence-corrected chi connectivity index (χ2v) is 5.00. The molecule has 0 atom stereocenters. The summed E-state index contributed by atoms with van der Waals surface area (Å²) in [5, 5.41) is 9.01. The van der Waals surface area contributed by atoms with Crippen LogP contribution >= 0.6 is 0 Å². The number of aromatic nitrogens is 2. The molecule has 0 saturated heterocycles. The summed E-state index contributed by atoms with van der Waals surface area (Å²) in [4.78, 5) is 36.7. The molecule has 2 rings (SSSR count). The van der Waals surface area contributed by atoms with Gasteiger partial charge in [-0.3, -0.25) is 18.7 Å². The number of hydrogen-bond donors (Lipinski definition) is 0. The van der Waals surface area contributed by atoms with Gasteiger partial charge in [0, 0.05) is 18.3 Å². The molecule has 7 heteroatoms. The van der Waals surface area contributed by atoms with E-state index in [4.69, 9.17) is 10.00 Å². The van der Waals surface area contributed by atoms with Gasteiger partial charge in [0.2, 0.25) is 0 Å². The van der Waals surface area contributed by atoms with Gasteiger partial charge in [0.05, 0.1) is 13.2 Å². The number of hydrogen-bond acceptors (Lipinski definition) is 5. The van der Waals surface area contributed by atoms with Crippen LogP contribution in [0.4, 0.5) is 0 Å². The van der Waals surface area contributed by atoms with Crippen LogP contribution in [0.5, 0.6) is 5.75 Å². The molecule has 0 aliphatic carbocycles. The number of carbonyl (C=O) groups is 1. The molecule has 0 bridgehead atoms. The van der Waals surface area contributed by atoms with Gasteiger partial charge in [0.1, 0.15) is 17.4 Å². The Balaban J connectivity index is 2.37. The van der Waals surface area contributed by atoms with Crippen LogP contribution < -0.4 is 16.0 Å². The van der Waals surface area contributed by atoms with E-state index in [1.165, 1.54) is 10.8 Å². The first-order valence-electron chi connectivity index (χ1n) is 7.52. The molecule has 1 aromatic heterocycles. The highest BCUT2D eigenvalue weighted by Crippen LogP contribution is 2.12. The number of rotatable bonds is 6. The highest BCUT2D eigenvalue weighted by Gasteiger charge is 2.15. The van der Waals surface area contributed by atoms with Crippen LogP contribution in [0.25, 0.3) is 0 Å². The van der Waals surface area contributed by atoms with Crippen molar-refractivity contribution in [1.29, 1.82) is 5.26 Å². The summed E-state index contributed by atoms with van der Waals surface area (Å²) in [6, 6.07) is 8.20. The summed E-state index contributed by atoms with van der Waals surface area (Å²) >= 11 is 0. The third-order valence-electron chi connectivity index (χ3n) is 3.49. The van der Waals surface area contributed by atoms with Gasteiger partial charge in [0.15, 0.2) is 5.78 Å². The van der Waals surface area contributed by atoms with Crippen LogP contribution in [0.3, 0.4) is 0 Å². The summed E-state index contributed by atoms with van der Waals surface area (Å²) in [5.74, 6) is 0.237. The maximum Gasteiger partial charge on any atom is 0.331 e. The molecule has 0 N–H and O–H groups in total. The monoisotopic (exact) mass is 327 g/mol. The Morgan fingerprint density at radius 3 is 2.42 bits per heavy atom. The number of nitrogens with zero attached hydrogens (tertiary/aromatic N) is 3. The molecule has 0 spiro atoms. The van der Waals surface area contributed by atoms with Crippen LogP contribution in [-0.2, 0) is 13.1 Å². The number of aryl methyl sites for hydroxylation is 1. The molecule has 1 aromatic carbocycles. The second-order valence-electron chi connectivity index (χ2n) is 5.00. The Hall–Kier alpha value is -3.14. The van der Waals surface area contributed by atoms with E-state index in [1.807, 2.05) is 6.92 Å². The standard InChI is InChI=1S/C17H17N3O4/c1-3-19-10-13(9-18)16(22)20(17(19)23)11-15(21)12-5-7-14(8-6-12)24-4-2/h5-8,10H,3-4,11H2,1-2H3. The number of ether oxygens (including phenoxy) is 1. The molecular weight excluding hydrogens is 310 g/mol. The number of carbonyl (C=O) groups excluding carboxylic acids is 1. The molecule has 0 aliphatic rings. The molecule has 0 saturated carbocycles. The minimum Gasteiger partial charge on any atom is -0.494 e. The Morgan fingerprint density at radius 1 is 1.21 bits per heavy atom. The Labute approximate surface area is 138 Å². The fraction of sp³-hybridized carbons (Fsp3) is 0.294. The van der Waals surface area contributed by atoms with E-state index in [2.05, 4.69) is 0 Å². The number of Topliss-reactive ketones (excluding diaryl/α,β-unsaturated/α-hetero) is 1. The maximum atomic E-state index is 12.4. The van der Waals surface area contributed by atoms with Crippen molar-refractivity contribution in [2.24, 2.45) is 0 Å². The third kappa shape index (κ3) is 3.43. The van der Waals surface area contributed by atoms with Crippen LogP contribution in [0.15, 0.2) is 40.1 Å². The average molecular weight is 327 g/mol. The molecular formula is C17H17N3O4. The Bertz CT molecular complexity index is 901. The summed E-state index contributed by atoms with van der Waals surface area (Å²) in [6.07, 6.45) is 1.21. The van der Waals surface area contributed by atoms with E-state index < -0.39 is 23.6 Å². The number of nitriles is 1. The quantitative estimate of drug-likeness (QED) is 0.743. The predicted octanol–water partition coefficient (Wildman–Crippen LogP) is 1.18. The summed E-state index contributed by atoms with van der Waals surface area (Å²) < 4.78 is 7.32. The van der Waals surface area contributed by atoms with E-state index in [-0.39, 0.29) is 5.56 Å². The van der Waals surface area contributed by atoms with Crippen molar-refractivity contribution in [3.63, 3.8) is 0 Å². The number of ketones is 1. The van der Waals surface area contributed by atoms with Gasteiger partial charge in [-0.15, -0.1) is 0 Å². The van der Waals surface area contributed by atoms with Gasteiger partial charge in [-0.25, -0.2) is 4.79 Å². The first-order chi connectivity index (χ1) is 11.5. The normalized spacial score (nSPS) is 10.2. The minimum absolute atomic E-state index is 0.170. The fourth-order valence-electron chi connectivity index (χ4n) is 2.23. The van der Waals surface area contributed by atoms with E-state index in [0.29, 0.717) is 24.5 Å². The zero-order chi connectivity index (χ0) is 17.7. The first kappa shape index (κ1) is 17.2. The van der Waals surface area contributed by atoms with Gasteiger partial charge < -0.3 is 4.74 Å². The van der Waals surface area contributed by atoms with E-state index >= 15 is 0 Å². The topological polar surface area (TPSA) is 94.1 Å². The van der Waals surface area contributed by atoms with Crippen molar-refractivity contribution in [3.05, 3.63) is 62.4 Å². The van der Waals surface area contributed by atoms with Crippen molar-refractivity contribution in [1.82, 2.24) is 9.13 Å². The zero-order valence-electron chi connectivity index (χ0n) is 13.5. The van der Waals surface area contributed by atoms with Crippen LogP contribution in [0.2, 0.25) is 0 Å². The lowest BCUT2D eigenvalue weighted by atomic mass is 10.1. The van der Waals surface area contributed by atoms with Crippen LogP contribution in [0.1, 0.15) is 29.8 Å². The van der Waals surface area contributed by atoms with E-state index in [1.54, 1.807) is 37.3 Å². The highest BCUT2D eigenvalue weighted by molar-refractivity contribution is 5.96. The molecule has 0 radical (unpaired) electrons. The molecule has 0 fully saturated rings. The molecule has 24 heavy (non-hydrogen) atoms. The molecule has 0 unspecified atom stereocenters. The van der Waals surface area contributed by atoms with Crippen molar-refractivity contribution < 1.29 is 9.53 Å². The lowest BCUT2D eigenvalue weighted by Gasteiger charge is -2.09. The van der Waals surface area contributed by atoms with E-state index in [9.17, 15) is 14.4 Å². The number of benzene rings is 1. The largest absolute Gasteiger partial charge is 0.494 e. The van der Waals surface area contributed by atoms with Gasteiger partial charge in [-0.2, -0.15) is 5.26 Å². The lowest BCUT2D eigenvalue weighted by Crippen LogP contribution is -2.42. The smallest absolute Gasteiger partial charge is 0.331 e. The van der Waals surface area contributed by atoms with Gasteiger partial charge in [0.25, 0.3) is 5.56 Å². The molecule has 0 amide bonds. The van der Waals surface area contributed by atoms with Crippen molar-refractivity contribution >= 4 is 5.78 Å². The van der Waals surface area contributed by atoms with Gasteiger partial charge >= 0.3 is 5.69 Å². The predicted molar refractivity (Wildman–Crippen MR) is 87.3 cm³/mol. The second kappa shape index (κ2) is 7.42. The lowest BCUT2D eigenvalue weighted by molar-refractivity contribution is 0.0968. The van der Waals surface area contributed by atoms with E-state index in [0.717, 1.165) is 4.57 Å². The molecule has 2 aromatic rings. The van der Waals surface area contributed by atoms with Gasteiger partial charge in [-0.05, 0) is 38.1 Å². The summed E-state index contributed by atoms with van der Waals surface area (Å²) in [6.45, 7) is 3.96. The van der Waals surface area contributed by atoms with Crippen LogP contribution in [0, 0.1) is 11.3 Å². The Morgan fingerprint density at radius 2 is 1.88 bits per heavy atom. The maximum absolute atomic E-state index is 12.4. The zero-order valence-corrected chi connectivity index (χ0v) is 13.5. The highest BCUT2D eigenvalue weighted by atomic mass is 16.5. The SMILES string of the molecule is CCOc1ccc(C(=O)Cn2c(=O)c(C#N)cn(CC)c2=O)cc1. The van der Waals surface area contributed by atoms with Crippen molar-refractivity contribution in [2.45, 2.75) is 26.9 Å². The van der Waals surface area contributed by atoms with Crippen LogP contribution in [-0.4, -0.2) is 21.5 Å².